The number of alkyl halides is 2. The summed E-state index contributed by atoms with van der Waals surface area (Å²) in [6.07, 6.45) is 2.99. The second-order valence-corrected chi connectivity index (χ2v) is 7.17. The number of nitro groups is 1. The number of allylic oxidation sites excluding steroid dienone is 1. The number of carbonyl (C=O) groups is 1. The second-order valence-electron chi connectivity index (χ2n) is 7.17. The molecule has 0 saturated heterocycles. The van der Waals surface area contributed by atoms with Gasteiger partial charge in [0.2, 0.25) is 0 Å². The van der Waals surface area contributed by atoms with E-state index in [9.17, 15) is 23.7 Å². The van der Waals surface area contributed by atoms with Crippen LogP contribution in [0, 0.1) is 17.0 Å². The van der Waals surface area contributed by atoms with Gasteiger partial charge in [0.15, 0.2) is 5.78 Å². The van der Waals surface area contributed by atoms with E-state index in [1.54, 1.807) is 37.3 Å². The van der Waals surface area contributed by atoms with Gasteiger partial charge in [-0.25, -0.2) is 0 Å². The Balaban J connectivity index is 1.70. The minimum Gasteiger partial charge on any atom is -0.496 e. The highest BCUT2D eigenvalue weighted by atomic mass is 19.3. The van der Waals surface area contributed by atoms with Gasteiger partial charge in [0.1, 0.15) is 23.9 Å². The predicted octanol–water partition coefficient (Wildman–Crippen LogP) is 5.99. The Bertz CT molecular complexity index is 1210. The van der Waals surface area contributed by atoms with E-state index in [1.165, 1.54) is 49.6 Å². The molecule has 7 nitrogen and oxygen atoms in total. The Morgan fingerprint density at radius 3 is 2.38 bits per heavy atom. The summed E-state index contributed by atoms with van der Waals surface area (Å²) in [5.74, 6) is 0.717. The van der Waals surface area contributed by atoms with Gasteiger partial charge in [0.05, 0.1) is 12.0 Å². The maximum atomic E-state index is 12.4. The van der Waals surface area contributed by atoms with Crippen LogP contribution >= 0.6 is 0 Å². The van der Waals surface area contributed by atoms with Crippen molar-refractivity contribution in [1.82, 2.24) is 0 Å². The summed E-state index contributed by atoms with van der Waals surface area (Å²) >= 11 is 0. The zero-order chi connectivity index (χ0) is 24.7. The summed E-state index contributed by atoms with van der Waals surface area (Å²) in [5, 5.41) is 11.0. The van der Waals surface area contributed by atoms with E-state index >= 15 is 0 Å². The molecule has 9 heteroatoms. The van der Waals surface area contributed by atoms with Crippen LogP contribution < -0.4 is 14.2 Å². The Morgan fingerprint density at radius 2 is 1.76 bits per heavy atom. The maximum Gasteiger partial charge on any atom is 0.387 e. The lowest BCUT2D eigenvalue weighted by molar-refractivity contribution is -0.385. The van der Waals surface area contributed by atoms with Crippen LogP contribution in [0.1, 0.15) is 27.0 Å². The van der Waals surface area contributed by atoms with Crippen molar-refractivity contribution in [2.45, 2.75) is 20.1 Å². The molecule has 0 spiro atoms. The number of halogens is 2. The zero-order valence-electron chi connectivity index (χ0n) is 18.4. The molecule has 0 N–H and O–H groups in total. The van der Waals surface area contributed by atoms with Crippen molar-refractivity contribution in [1.29, 1.82) is 0 Å². The first-order valence-electron chi connectivity index (χ1n) is 10.1. The molecule has 0 aromatic heterocycles. The number of benzene rings is 3. The number of hydrogen-bond donors (Lipinski definition) is 0. The van der Waals surface area contributed by atoms with Crippen molar-refractivity contribution >= 4 is 17.5 Å². The van der Waals surface area contributed by atoms with Crippen molar-refractivity contribution < 1.29 is 32.7 Å². The molecule has 0 fully saturated rings. The highest BCUT2D eigenvalue weighted by molar-refractivity contribution is 6.06. The van der Waals surface area contributed by atoms with Crippen molar-refractivity contribution in [2.75, 3.05) is 7.11 Å². The lowest BCUT2D eigenvalue weighted by atomic mass is 10.1. The smallest absolute Gasteiger partial charge is 0.387 e. The molecule has 0 amide bonds. The van der Waals surface area contributed by atoms with Crippen LogP contribution in [-0.4, -0.2) is 24.4 Å². The molecule has 0 heterocycles. The number of ketones is 1. The lowest BCUT2D eigenvalue weighted by Gasteiger charge is -2.12. The van der Waals surface area contributed by atoms with Crippen LogP contribution in [0.25, 0.3) is 6.08 Å². The van der Waals surface area contributed by atoms with E-state index in [4.69, 9.17) is 9.47 Å². The van der Waals surface area contributed by atoms with E-state index in [-0.39, 0.29) is 23.8 Å². The Morgan fingerprint density at radius 1 is 1.06 bits per heavy atom. The number of aryl methyl sites for hydroxylation is 1. The molecule has 0 aliphatic heterocycles. The normalized spacial score (nSPS) is 11.0. The van der Waals surface area contributed by atoms with Crippen LogP contribution in [0.3, 0.4) is 0 Å². The van der Waals surface area contributed by atoms with E-state index in [2.05, 4.69) is 4.74 Å². The van der Waals surface area contributed by atoms with Gasteiger partial charge in [-0.3, -0.25) is 14.9 Å². The highest BCUT2D eigenvalue weighted by Gasteiger charge is 2.12. The van der Waals surface area contributed by atoms with E-state index < -0.39 is 11.5 Å². The molecule has 0 saturated carbocycles. The van der Waals surface area contributed by atoms with Gasteiger partial charge >= 0.3 is 6.61 Å². The van der Waals surface area contributed by atoms with Crippen molar-refractivity contribution in [3.05, 3.63) is 99.1 Å². The molecule has 34 heavy (non-hydrogen) atoms. The SMILES string of the molecule is COc1ccc(/C=C/C(=O)c2ccc(OC(F)F)cc2)cc1COc1ccc([N+](=O)[O-])c(C)c1. The summed E-state index contributed by atoms with van der Waals surface area (Å²) < 4.78 is 39.9. The van der Waals surface area contributed by atoms with Crippen molar-refractivity contribution in [2.24, 2.45) is 0 Å². The minimum atomic E-state index is -2.93. The standard InChI is InChI=1S/C25H21F2NO6/c1-16-13-21(9-10-22(16)28(30)31)33-15-19-14-17(4-12-24(19)32-2)3-11-23(29)18-5-7-20(8-6-18)34-25(26)27/h3-14,25H,15H2,1-2H3/b11-3+. The molecule has 0 bridgehead atoms. The third kappa shape index (κ3) is 6.38. The van der Waals surface area contributed by atoms with Crippen LogP contribution in [0.2, 0.25) is 0 Å². The number of nitro benzene ring substituents is 1. The zero-order valence-corrected chi connectivity index (χ0v) is 18.4. The van der Waals surface area contributed by atoms with Crippen LogP contribution in [-0.2, 0) is 6.61 Å². The van der Waals surface area contributed by atoms with Crippen LogP contribution in [0.4, 0.5) is 14.5 Å². The first-order chi connectivity index (χ1) is 16.3. The molecule has 0 aliphatic rings. The van der Waals surface area contributed by atoms with Crippen LogP contribution in [0.5, 0.6) is 17.2 Å². The van der Waals surface area contributed by atoms with Gasteiger partial charge < -0.3 is 14.2 Å². The highest BCUT2D eigenvalue weighted by Crippen LogP contribution is 2.26. The largest absolute Gasteiger partial charge is 0.496 e. The van der Waals surface area contributed by atoms with E-state index in [0.717, 1.165) is 0 Å². The summed E-state index contributed by atoms with van der Waals surface area (Å²) in [6, 6.07) is 15.2. The number of methoxy groups -OCH3 is 1. The van der Waals surface area contributed by atoms with Gasteiger partial charge in [-0.05, 0) is 67.1 Å². The Labute approximate surface area is 194 Å². The molecular formula is C25H21F2NO6. The Kier molecular flexibility index (Phi) is 7.92. The topological polar surface area (TPSA) is 87.9 Å². The summed E-state index contributed by atoms with van der Waals surface area (Å²) in [5.41, 5.74) is 2.24. The molecule has 0 aliphatic carbocycles. The average Bonchev–Trinajstić information content (AvgIpc) is 2.81. The predicted molar refractivity (Wildman–Crippen MR) is 122 cm³/mol. The summed E-state index contributed by atoms with van der Waals surface area (Å²) in [6.45, 7) is -1.16. The van der Waals surface area contributed by atoms with E-state index in [1.807, 2.05) is 0 Å². The maximum absolute atomic E-state index is 12.4. The number of nitrogens with zero attached hydrogens (tertiary/aromatic N) is 1. The number of ether oxygens (including phenoxy) is 3. The average molecular weight is 469 g/mol. The number of rotatable bonds is 10. The van der Waals surface area contributed by atoms with Crippen molar-refractivity contribution in [3.8, 4) is 17.2 Å². The number of hydrogen-bond acceptors (Lipinski definition) is 6. The molecule has 3 rings (SSSR count). The second kappa shape index (κ2) is 11.0. The monoisotopic (exact) mass is 469 g/mol. The molecule has 0 radical (unpaired) electrons. The van der Waals surface area contributed by atoms with Gasteiger partial charge in [-0.1, -0.05) is 12.1 Å². The summed E-state index contributed by atoms with van der Waals surface area (Å²) in [7, 11) is 1.52. The molecule has 0 unspecified atom stereocenters. The van der Waals surface area contributed by atoms with Gasteiger partial charge in [-0.15, -0.1) is 0 Å². The quantitative estimate of drug-likeness (QED) is 0.157. The van der Waals surface area contributed by atoms with Gasteiger partial charge in [-0.2, -0.15) is 8.78 Å². The first-order valence-corrected chi connectivity index (χ1v) is 10.1. The fourth-order valence-corrected chi connectivity index (χ4v) is 3.17. The molecular weight excluding hydrogens is 448 g/mol. The van der Waals surface area contributed by atoms with Crippen molar-refractivity contribution in [3.63, 3.8) is 0 Å². The lowest BCUT2D eigenvalue weighted by Crippen LogP contribution is -2.02. The Hall–Kier alpha value is -4.27. The first kappa shape index (κ1) is 24.4. The minimum absolute atomic E-state index is 0.0120. The summed E-state index contributed by atoms with van der Waals surface area (Å²) in [4.78, 5) is 22.9. The number of carbonyl (C=O) groups excluding carboxylic acids is 1. The third-order valence-corrected chi connectivity index (χ3v) is 4.85. The molecule has 3 aromatic carbocycles. The van der Waals surface area contributed by atoms with E-state index in [0.29, 0.717) is 33.8 Å². The van der Waals surface area contributed by atoms with Gasteiger partial charge in [0.25, 0.3) is 5.69 Å². The molecule has 176 valence electrons. The van der Waals surface area contributed by atoms with Crippen LogP contribution in [0.15, 0.2) is 66.7 Å². The third-order valence-electron chi connectivity index (χ3n) is 4.85. The molecule has 3 aromatic rings. The fraction of sp³-hybridized carbons (Fsp3) is 0.160. The van der Waals surface area contributed by atoms with Gasteiger partial charge in [0, 0.05) is 22.8 Å². The fourth-order valence-electron chi connectivity index (χ4n) is 3.17. The molecule has 0 atom stereocenters.